The number of fused-ring (bicyclic) bond motifs is 1. The SMILES string of the molecule is Cc1cc(C2=CCC(C)C=C2)nc2c(C(O)NC3CCC(C(C)(C)C)CC3)cnn12. The Kier molecular flexibility index (Phi) is 5.86. The van der Waals surface area contributed by atoms with E-state index in [1.807, 2.05) is 11.4 Å². The van der Waals surface area contributed by atoms with Gasteiger partial charge in [-0.1, -0.05) is 45.9 Å². The van der Waals surface area contributed by atoms with E-state index in [0.29, 0.717) is 17.4 Å². The predicted molar refractivity (Wildman–Crippen MR) is 122 cm³/mol. The van der Waals surface area contributed by atoms with Crippen LogP contribution in [0.15, 0.2) is 30.5 Å². The summed E-state index contributed by atoms with van der Waals surface area (Å²) >= 11 is 0. The van der Waals surface area contributed by atoms with Crippen molar-refractivity contribution in [3.8, 4) is 0 Å². The molecule has 2 N–H and O–H groups in total. The molecule has 5 nitrogen and oxygen atoms in total. The number of rotatable bonds is 4. The molecule has 2 aromatic rings. The quantitative estimate of drug-likeness (QED) is 0.682. The first-order chi connectivity index (χ1) is 14.2. The Morgan fingerprint density at radius 2 is 1.93 bits per heavy atom. The van der Waals surface area contributed by atoms with E-state index in [2.05, 4.69) is 62.4 Å². The van der Waals surface area contributed by atoms with Crippen molar-refractivity contribution in [1.82, 2.24) is 19.9 Å². The molecule has 0 spiro atoms. The smallest absolute Gasteiger partial charge is 0.163 e. The van der Waals surface area contributed by atoms with Crippen molar-refractivity contribution in [3.05, 3.63) is 47.4 Å². The van der Waals surface area contributed by atoms with Crippen LogP contribution in [0.2, 0.25) is 0 Å². The van der Waals surface area contributed by atoms with Crippen molar-refractivity contribution in [2.24, 2.45) is 17.3 Å². The lowest BCUT2D eigenvalue weighted by Crippen LogP contribution is -2.38. The maximum absolute atomic E-state index is 11.0. The summed E-state index contributed by atoms with van der Waals surface area (Å²) in [5, 5.41) is 18.9. The summed E-state index contributed by atoms with van der Waals surface area (Å²) in [4.78, 5) is 4.88. The Bertz CT molecular complexity index is 957. The summed E-state index contributed by atoms with van der Waals surface area (Å²) in [6.07, 6.45) is 13.3. The molecule has 2 unspecified atom stereocenters. The molecule has 2 aromatic heterocycles. The average molecular weight is 409 g/mol. The molecule has 162 valence electrons. The first-order valence-corrected chi connectivity index (χ1v) is 11.4. The lowest BCUT2D eigenvalue weighted by atomic mass is 9.71. The zero-order valence-corrected chi connectivity index (χ0v) is 19.0. The van der Waals surface area contributed by atoms with E-state index >= 15 is 0 Å². The van der Waals surface area contributed by atoms with Gasteiger partial charge in [0.1, 0.15) is 6.23 Å². The van der Waals surface area contributed by atoms with E-state index in [4.69, 9.17) is 4.98 Å². The van der Waals surface area contributed by atoms with Gasteiger partial charge >= 0.3 is 0 Å². The fourth-order valence-electron chi connectivity index (χ4n) is 4.83. The third-order valence-electron chi connectivity index (χ3n) is 6.93. The fourth-order valence-corrected chi connectivity index (χ4v) is 4.83. The molecule has 0 saturated heterocycles. The van der Waals surface area contributed by atoms with Crippen molar-refractivity contribution in [2.75, 3.05) is 0 Å². The highest BCUT2D eigenvalue weighted by Crippen LogP contribution is 2.38. The van der Waals surface area contributed by atoms with Gasteiger partial charge in [-0.15, -0.1) is 0 Å². The number of aryl methyl sites for hydroxylation is 1. The van der Waals surface area contributed by atoms with Crippen LogP contribution in [0.4, 0.5) is 0 Å². The van der Waals surface area contributed by atoms with Crippen LogP contribution in [0.25, 0.3) is 11.2 Å². The Hall–Kier alpha value is -1.98. The molecule has 4 rings (SSSR count). The first kappa shape index (κ1) is 21.3. The monoisotopic (exact) mass is 408 g/mol. The van der Waals surface area contributed by atoms with Crippen LogP contribution < -0.4 is 5.32 Å². The molecule has 1 saturated carbocycles. The minimum Gasteiger partial charge on any atom is -0.374 e. The standard InChI is InChI=1S/C25H36N4O/c1-16-6-8-18(9-7-16)22-14-17(2)29-23(28-22)21(15-26-29)24(30)27-20-12-10-19(11-13-20)25(3,4)5/h6,8-9,14-16,19-20,24,27,30H,7,10-13H2,1-5H3. The molecule has 0 aromatic carbocycles. The summed E-state index contributed by atoms with van der Waals surface area (Å²) in [6.45, 7) is 11.3. The molecular weight excluding hydrogens is 372 g/mol. The zero-order chi connectivity index (χ0) is 21.5. The van der Waals surface area contributed by atoms with Crippen LogP contribution >= 0.6 is 0 Å². The lowest BCUT2D eigenvalue weighted by molar-refractivity contribution is 0.0940. The highest BCUT2D eigenvalue weighted by Gasteiger charge is 2.31. The van der Waals surface area contributed by atoms with Crippen LogP contribution in [0.5, 0.6) is 0 Å². The Balaban J connectivity index is 1.52. The molecule has 0 bridgehead atoms. The number of aliphatic hydroxyl groups excluding tert-OH is 1. The number of nitrogens with one attached hydrogen (secondary N) is 1. The maximum atomic E-state index is 11.0. The molecule has 0 aliphatic heterocycles. The van der Waals surface area contributed by atoms with Gasteiger partial charge in [0.25, 0.3) is 0 Å². The topological polar surface area (TPSA) is 62.5 Å². The van der Waals surface area contributed by atoms with Crippen molar-refractivity contribution >= 4 is 11.2 Å². The number of allylic oxidation sites excluding steroid dienone is 4. The second kappa shape index (κ2) is 8.27. The molecule has 5 heteroatoms. The lowest BCUT2D eigenvalue weighted by Gasteiger charge is -2.37. The molecule has 2 aliphatic rings. The minimum atomic E-state index is -0.753. The van der Waals surface area contributed by atoms with Gasteiger partial charge in [-0.3, -0.25) is 5.32 Å². The van der Waals surface area contributed by atoms with Gasteiger partial charge in [0.2, 0.25) is 0 Å². The minimum absolute atomic E-state index is 0.336. The fraction of sp³-hybridized carbons (Fsp3) is 0.600. The molecule has 30 heavy (non-hydrogen) atoms. The molecule has 2 atom stereocenters. The van der Waals surface area contributed by atoms with Crippen molar-refractivity contribution in [2.45, 2.75) is 79.0 Å². The van der Waals surface area contributed by atoms with Crippen LogP contribution in [-0.2, 0) is 0 Å². The number of hydrogen-bond donors (Lipinski definition) is 2. The third kappa shape index (κ3) is 4.37. The molecule has 0 amide bonds. The summed E-state index contributed by atoms with van der Waals surface area (Å²) in [5.41, 5.74) is 4.97. The largest absolute Gasteiger partial charge is 0.374 e. The number of aliphatic hydroxyl groups is 1. The Morgan fingerprint density at radius 3 is 2.57 bits per heavy atom. The molecule has 2 aliphatic carbocycles. The normalized spacial score (nSPS) is 26.1. The Morgan fingerprint density at radius 1 is 1.20 bits per heavy atom. The van der Waals surface area contributed by atoms with E-state index < -0.39 is 6.23 Å². The van der Waals surface area contributed by atoms with Gasteiger partial charge < -0.3 is 5.11 Å². The van der Waals surface area contributed by atoms with Crippen molar-refractivity contribution in [3.63, 3.8) is 0 Å². The van der Waals surface area contributed by atoms with Crippen LogP contribution in [0.1, 0.15) is 83.0 Å². The molecular formula is C25H36N4O. The van der Waals surface area contributed by atoms with Gasteiger partial charge in [-0.25, -0.2) is 9.50 Å². The zero-order valence-electron chi connectivity index (χ0n) is 19.0. The van der Waals surface area contributed by atoms with Crippen LogP contribution in [0, 0.1) is 24.2 Å². The average Bonchev–Trinajstić information content (AvgIpc) is 3.13. The van der Waals surface area contributed by atoms with Gasteiger partial charge in [0.05, 0.1) is 17.5 Å². The second-order valence-corrected chi connectivity index (χ2v) is 10.3. The second-order valence-electron chi connectivity index (χ2n) is 10.3. The highest BCUT2D eigenvalue weighted by molar-refractivity contribution is 5.74. The summed E-state index contributed by atoms with van der Waals surface area (Å²) in [5.74, 6) is 1.33. The van der Waals surface area contributed by atoms with E-state index in [9.17, 15) is 5.11 Å². The number of nitrogens with zero attached hydrogens (tertiary/aromatic N) is 3. The highest BCUT2D eigenvalue weighted by atomic mass is 16.3. The Labute approximate surface area is 180 Å². The van der Waals surface area contributed by atoms with Crippen LogP contribution in [-0.4, -0.2) is 25.7 Å². The van der Waals surface area contributed by atoms with Crippen LogP contribution in [0.3, 0.4) is 0 Å². The van der Waals surface area contributed by atoms with E-state index in [1.165, 1.54) is 12.8 Å². The first-order valence-electron chi connectivity index (χ1n) is 11.4. The molecule has 2 heterocycles. The van der Waals surface area contributed by atoms with E-state index in [-0.39, 0.29) is 0 Å². The summed E-state index contributed by atoms with van der Waals surface area (Å²) in [6, 6.07) is 2.41. The van der Waals surface area contributed by atoms with Gasteiger partial charge in [-0.05, 0) is 67.9 Å². The predicted octanol–water partition coefficient (Wildman–Crippen LogP) is 5.20. The van der Waals surface area contributed by atoms with E-state index in [1.54, 1.807) is 6.20 Å². The van der Waals surface area contributed by atoms with Gasteiger partial charge in [-0.2, -0.15) is 5.10 Å². The summed E-state index contributed by atoms with van der Waals surface area (Å²) in [7, 11) is 0. The van der Waals surface area contributed by atoms with Gasteiger partial charge in [0.15, 0.2) is 5.65 Å². The van der Waals surface area contributed by atoms with Gasteiger partial charge in [0, 0.05) is 11.7 Å². The number of aromatic nitrogens is 3. The molecule has 0 radical (unpaired) electrons. The van der Waals surface area contributed by atoms with E-state index in [0.717, 1.165) is 53.4 Å². The molecule has 1 fully saturated rings. The maximum Gasteiger partial charge on any atom is 0.163 e. The number of hydrogen-bond acceptors (Lipinski definition) is 4. The summed E-state index contributed by atoms with van der Waals surface area (Å²) < 4.78 is 1.83. The third-order valence-corrected chi connectivity index (χ3v) is 6.93. The van der Waals surface area contributed by atoms with Crippen molar-refractivity contribution < 1.29 is 5.11 Å². The van der Waals surface area contributed by atoms with Crippen molar-refractivity contribution in [1.29, 1.82) is 0 Å².